The highest BCUT2D eigenvalue weighted by Crippen LogP contribution is 2.39. The summed E-state index contributed by atoms with van der Waals surface area (Å²) in [5.41, 5.74) is 1.36. The lowest BCUT2D eigenvalue weighted by molar-refractivity contribution is -0.144. The summed E-state index contributed by atoms with van der Waals surface area (Å²) in [7, 11) is 0. The SMILES string of the molecule is CCCCC(CC)(C(=O)O)c1ccccc1C(C)(C)C. The zero-order valence-electron chi connectivity index (χ0n) is 13.5. The van der Waals surface area contributed by atoms with Gasteiger partial charge in [0.2, 0.25) is 0 Å². The average Bonchev–Trinajstić information content (AvgIpc) is 2.39. The van der Waals surface area contributed by atoms with Gasteiger partial charge in [-0.15, -0.1) is 0 Å². The molecule has 0 aliphatic carbocycles. The van der Waals surface area contributed by atoms with Crippen LogP contribution in [0.5, 0.6) is 0 Å². The first-order valence-corrected chi connectivity index (χ1v) is 7.63. The van der Waals surface area contributed by atoms with Crippen molar-refractivity contribution >= 4 is 5.97 Å². The van der Waals surface area contributed by atoms with Crippen molar-refractivity contribution < 1.29 is 9.90 Å². The van der Waals surface area contributed by atoms with Gasteiger partial charge in [-0.05, 0) is 29.4 Å². The van der Waals surface area contributed by atoms with Crippen LogP contribution in [-0.4, -0.2) is 11.1 Å². The minimum absolute atomic E-state index is 0.0430. The van der Waals surface area contributed by atoms with Crippen LogP contribution < -0.4 is 0 Å². The zero-order valence-corrected chi connectivity index (χ0v) is 13.5. The van der Waals surface area contributed by atoms with Gasteiger partial charge < -0.3 is 5.11 Å². The van der Waals surface area contributed by atoms with Gasteiger partial charge in [-0.25, -0.2) is 0 Å². The second kappa shape index (κ2) is 6.43. The van der Waals surface area contributed by atoms with E-state index in [9.17, 15) is 9.90 Å². The Bertz CT molecular complexity index is 457. The first kappa shape index (κ1) is 16.7. The summed E-state index contributed by atoms with van der Waals surface area (Å²) in [4.78, 5) is 12.0. The summed E-state index contributed by atoms with van der Waals surface area (Å²) in [6, 6.07) is 8.05. The van der Waals surface area contributed by atoms with Crippen LogP contribution in [0.3, 0.4) is 0 Å². The third-order valence-electron chi connectivity index (χ3n) is 4.22. The molecule has 1 atom stereocenters. The Morgan fingerprint density at radius 1 is 1.10 bits per heavy atom. The molecule has 20 heavy (non-hydrogen) atoms. The highest BCUT2D eigenvalue weighted by molar-refractivity contribution is 5.82. The highest BCUT2D eigenvalue weighted by atomic mass is 16.4. The number of carbonyl (C=O) groups is 1. The molecule has 0 aromatic heterocycles. The van der Waals surface area contributed by atoms with Crippen LogP contribution in [0.15, 0.2) is 24.3 Å². The monoisotopic (exact) mass is 276 g/mol. The van der Waals surface area contributed by atoms with Gasteiger partial charge in [0.05, 0.1) is 5.41 Å². The Labute approximate surface area is 123 Å². The number of hydrogen-bond acceptors (Lipinski definition) is 1. The number of carboxylic acid groups (broad SMARTS) is 1. The van der Waals surface area contributed by atoms with Crippen molar-refractivity contribution in [2.24, 2.45) is 0 Å². The molecular weight excluding hydrogens is 248 g/mol. The third-order valence-corrected chi connectivity index (χ3v) is 4.22. The number of benzene rings is 1. The van der Waals surface area contributed by atoms with Gasteiger partial charge in [-0.3, -0.25) is 4.79 Å². The van der Waals surface area contributed by atoms with Crippen LogP contribution in [-0.2, 0) is 15.6 Å². The number of hydrogen-bond donors (Lipinski definition) is 1. The number of rotatable bonds is 6. The van der Waals surface area contributed by atoms with E-state index in [0.29, 0.717) is 12.8 Å². The van der Waals surface area contributed by atoms with Crippen molar-refractivity contribution in [1.82, 2.24) is 0 Å². The van der Waals surface area contributed by atoms with Crippen molar-refractivity contribution in [3.8, 4) is 0 Å². The molecule has 0 bridgehead atoms. The molecule has 0 heterocycles. The normalized spacial score (nSPS) is 14.8. The molecular formula is C18H28O2. The quantitative estimate of drug-likeness (QED) is 0.801. The lowest BCUT2D eigenvalue weighted by Gasteiger charge is -2.34. The van der Waals surface area contributed by atoms with Crippen LogP contribution in [0, 0.1) is 0 Å². The Kier molecular flexibility index (Phi) is 5.38. The van der Waals surface area contributed by atoms with Crippen LogP contribution >= 0.6 is 0 Å². The fourth-order valence-corrected chi connectivity index (χ4v) is 2.91. The molecule has 2 heteroatoms. The van der Waals surface area contributed by atoms with E-state index in [4.69, 9.17) is 0 Å². The third kappa shape index (κ3) is 3.23. The lowest BCUT2D eigenvalue weighted by Crippen LogP contribution is -2.37. The number of carboxylic acids is 1. The van der Waals surface area contributed by atoms with Gasteiger partial charge in [-0.2, -0.15) is 0 Å². The van der Waals surface area contributed by atoms with Crippen molar-refractivity contribution in [3.05, 3.63) is 35.4 Å². The summed E-state index contributed by atoms with van der Waals surface area (Å²) in [6.45, 7) is 10.5. The van der Waals surface area contributed by atoms with Crippen LogP contribution in [0.4, 0.5) is 0 Å². The van der Waals surface area contributed by atoms with Crippen LogP contribution in [0.2, 0.25) is 0 Å². The maximum atomic E-state index is 12.0. The van der Waals surface area contributed by atoms with Crippen molar-refractivity contribution in [1.29, 1.82) is 0 Å². The summed E-state index contributed by atoms with van der Waals surface area (Å²) < 4.78 is 0. The van der Waals surface area contributed by atoms with E-state index in [1.165, 1.54) is 0 Å². The maximum Gasteiger partial charge on any atom is 0.314 e. The van der Waals surface area contributed by atoms with E-state index in [2.05, 4.69) is 33.8 Å². The molecule has 1 rings (SSSR count). The van der Waals surface area contributed by atoms with E-state index in [1.807, 2.05) is 25.1 Å². The molecule has 1 aromatic rings. The zero-order chi connectivity index (χ0) is 15.4. The van der Waals surface area contributed by atoms with Crippen molar-refractivity contribution in [2.75, 3.05) is 0 Å². The molecule has 0 fully saturated rings. The fraction of sp³-hybridized carbons (Fsp3) is 0.611. The summed E-state index contributed by atoms with van der Waals surface area (Å²) in [5.74, 6) is -0.690. The summed E-state index contributed by atoms with van der Waals surface area (Å²) in [5, 5.41) is 9.89. The molecule has 1 aromatic carbocycles. The largest absolute Gasteiger partial charge is 0.481 e. The second-order valence-corrected chi connectivity index (χ2v) is 6.64. The predicted molar refractivity (Wildman–Crippen MR) is 84.3 cm³/mol. The van der Waals surface area contributed by atoms with Gasteiger partial charge in [-0.1, -0.05) is 71.7 Å². The molecule has 0 aliphatic rings. The molecule has 0 radical (unpaired) electrons. The highest BCUT2D eigenvalue weighted by Gasteiger charge is 2.40. The van der Waals surface area contributed by atoms with Gasteiger partial charge >= 0.3 is 5.97 Å². The first-order valence-electron chi connectivity index (χ1n) is 7.63. The molecule has 2 nitrogen and oxygen atoms in total. The minimum Gasteiger partial charge on any atom is -0.481 e. The van der Waals surface area contributed by atoms with Gasteiger partial charge in [0.1, 0.15) is 0 Å². The lowest BCUT2D eigenvalue weighted by atomic mass is 9.68. The Morgan fingerprint density at radius 3 is 2.05 bits per heavy atom. The fourth-order valence-electron chi connectivity index (χ4n) is 2.91. The maximum absolute atomic E-state index is 12.0. The van der Waals surface area contributed by atoms with E-state index in [0.717, 1.165) is 24.0 Å². The molecule has 0 aliphatic heterocycles. The Morgan fingerprint density at radius 2 is 1.65 bits per heavy atom. The van der Waals surface area contributed by atoms with E-state index < -0.39 is 11.4 Å². The van der Waals surface area contributed by atoms with Crippen LogP contribution in [0.1, 0.15) is 71.4 Å². The minimum atomic E-state index is -0.750. The molecule has 0 saturated heterocycles. The average molecular weight is 276 g/mol. The van der Waals surface area contributed by atoms with E-state index >= 15 is 0 Å². The predicted octanol–water partition coefficient (Wildman–Crippen LogP) is 4.91. The number of unbranched alkanes of at least 4 members (excludes halogenated alkanes) is 1. The van der Waals surface area contributed by atoms with Crippen molar-refractivity contribution in [3.63, 3.8) is 0 Å². The van der Waals surface area contributed by atoms with Crippen molar-refractivity contribution in [2.45, 2.75) is 71.1 Å². The molecule has 1 N–H and O–H groups in total. The van der Waals surface area contributed by atoms with Gasteiger partial charge in [0.15, 0.2) is 0 Å². The molecule has 0 amide bonds. The number of aliphatic carboxylic acids is 1. The summed E-state index contributed by atoms with van der Waals surface area (Å²) in [6.07, 6.45) is 3.31. The molecule has 112 valence electrons. The molecule has 1 unspecified atom stereocenters. The van der Waals surface area contributed by atoms with Gasteiger partial charge in [0.25, 0.3) is 0 Å². The molecule has 0 saturated carbocycles. The van der Waals surface area contributed by atoms with E-state index in [-0.39, 0.29) is 5.41 Å². The summed E-state index contributed by atoms with van der Waals surface area (Å²) >= 11 is 0. The Hall–Kier alpha value is -1.31. The standard InChI is InChI=1S/C18H28O2/c1-6-8-13-18(7-2,16(19)20)15-12-10-9-11-14(15)17(3,4)5/h9-12H,6-8,13H2,1-5H3,(H,19,20). The smallest absolute Gasteiger partial charge is 0.314 e. The second-order valence-electron chi connectivity index (χ2n) is 6.64. The first-order chi connectivity index (χ1) is 9.29. The van der Waals surface area contributed by atoms with E-state index in [1.54, 1.807) is 0 Å². The van der Waals surface area contributed by atoms with Gasteiger partial charge in [0, 0.05) is 0 Å². The van der Waals surface area contributed by atoms with Crippen LogP contribution in [0.25, 0.3) is 0 Å². The molecule has 0 spiro atoms. The topological polar surface area (TPSA) is 37.3 Å². The Balaban J connectivity index is 3.45.